The van der Waals surface area contributed by atoms with Gasteiger partial charge in [0.25, 0.3) is 5.91 Å². The Kier molecular flexibility index (Phi) is 3.84. The second-order valence-electron chi connectivity index (χ2n) is 3.59. The van der Waals surface area contributed by atoms with Crippen molar-refractivity contribution >= 4 is 39.1 Å². The molecule has 1 N–H and O–H groups in total. The van der Waals surface area contributed by atoms with Gasteiger partial charge in [-0.3, -0.25) is 4.79 Å². The first-order valence-electron chi connectivity index (χ1n) is 5.05. The van der Waals surface area contributed by atoms with Gasteiger partial charge in [-0.2, -0.15) is 0 Å². The predicted octanol–water partition coefficient (Wildman–Crippen LogP) is 3.22. The van der Waals surface area contributed by atoms with E-state index in [0.717, 1.165) is 12.8 Å². The molecule has 1 aliphatic heterocycles. The van der Waals surface area contributed by atoms with Crippen molar-refractivity contribution < 1.29 is 9.53 Å². The maximum absolute atomic E-state index is 11.8. The second kappa shape index (κ2) is 5.17. The number of rotatable bonds is 2. The van der Waals surface area contributed by atoms with Crippen molar-refractivity contribution in [3.05, 3.63) is 27.7 Å². The molecule has 1 aromatic rings. The van der Waals surface area contributed by atoms with E-state index in [1.54, 1.807) is 18.2 Å². The molecule has 1 aliphatic rings. The van der Waals surface area contributed by atoms with Crippen LogP contribution in [-0.2, 0) is 9.53 Å². The molecule has 0 radical (unpaired) electrons. The minimum absolute atomic E-state index is 0.111. The van der Waals surface area contributed by atoms with Crippen molar-refractivity contribution in [2.24, 2.45) is 0 Å². The molecule has 2 rings (SSSR count). The number of anilines is 1. The van der Waals surface area contributed by atoms with Gasteiger partial charge in [0.2, 0.25) is 0 Å². The minimum atomic E-state index is -0.328. The number of amides is 1. The van der Waals surface area contributed by atoms with Gasteiger partial charge < -0.3 is 10.1 Å². The summed E-state index contributed by atoms with van der Waals surface area (Å²) in [5, 5.41) is 3.37. The first kappa shape index (κ1) is 11.9. The molecule has 3 nitrogen and oxygen atoms in total. The lowest BCUT2D eigenvalue weighted by Crippen LogP contribution is -2.26. The molecular formula is C11H11BrClNO2. The van der Waals surface area contributed by atoms with E-state index in [1.165, 1.54) is 0 Å². The predicted molar refractivity (Wildman–Crippen MR) is 66.8 cm³/mol. The first-order chi connectivity index (χ1) is 7.68. The number of benzene rings is 1. The monoisotopic (exact) mass is 303 g/mol. The Morgan fingerprint density at radius 2 is 2.38 bits per heavy atom. The standard InChI is InChI=1S/C11H11BrClNO2/c12-10-7(13)3-1-4-8(10)14-11(15)9-5-2-6-16-9/h1,3-4,9H,2,5-6H2,(H,14,15). The normalized spacial score (nSPS) is 19.8. The van der Waals surface area contributed by atoms with Gasteiger partial charge in [0, 0.05) is 6.61 Å². The zero-order valence-corrected chi connectivity index (χ0v) is 10.8. The highest BCUT2D eigenvalue weighted by Gasteiger charge is 2.24. The van der Waals surface area contributed by atoms with E-state index >= 15 is 0 Å². The molecule has 86 valence electrons. The van der Waals surface area contributed by atoms with Crippen LogP contribution < -0.4 is 5.32 Å². The maximum Gasteiger partial charge on any atom is 0.253 e. The van der Waals surface area contributed by atoms with E-state index in [-0.39, 0.29) is 12.0 Å². The summed E-state index contributed by atoms with van der Waals surface area (Å²) in [6.45, 7) is 0.662. The van der Waals surface area contributed by atoms with Crippen molar-refractivity contribution in [2.45, 2.75) is 18.9 Å². The third kappa shape index (κ3) is 2.56. The molecule has 1 unspecified atom stereocenters. The van der Waals surface area contributed by atoms with Crippen molar-refractivity contribution in [1.29, 1.82) is 0 Å². The third-order valence-electron chi connectivity index (χ3n) is 2.43. The number of halogens is 2. The highest BCUT2D eigenvalue weighted by molar-refractivity contribution is 9.10. The Balaban J connectivity index is 2.08. The van der Waals surface area contributed by atoms with E-state index < -0.39 is 0 Å². The number of hydrogen-bond acceptors (Lipinski definition) is 2. The lowest BCUT2D eigenvalue weighted by atomic mass is 10.2. The van der Waals surface area contributed by atoms with Gasteiger partial charge in [0.15, 0.2) is 0 Å². The van der Waals surface area contributed by atoms with Gasteiger partial charge in [-0.1, -0.05) is 17.7 Å². The topological polar surface area (TPSA) is 38.3 Å². The minimum Gasteiger partial charge on any atom is -0.368 e. The van der Waals surface area contributed by atoms with Crippen LogP contribution in [0.2, 0.25) is 5.02 Å². The smallest absolute Gasteiger partial charge is 0.253 e. The molecule has 16 heavy (non-hydrogen) atoms. The summed E-state index contributed by atoms with van der Waals surface area (Å²) < 4.78 is 5.99. The first-order valence-corrected chi connectivity index (χ1v) is 6.22. The maximum atomic E-state index is 11.8. The lowest BCUT2D eigenvalue weighted by Gasteiger charge is -2.12. The molecule has 1 atom stereocenters. The summed E-state index contributed by atoms with van der Waals surface area (Å²) >= 11 is 9.26. The van der Waals surface area contributed by atoms with Crippen LogP contribution in [-0.4, -0.2) is 18.6 Å². The van der Waals surface area contributed by atoms with Crippen LogP contribution in [0.15, 0.2) is 22.7 Å². The van der Waals surface area contributed by atoms with Crippen LogP contribution in [0.1, 0.15) is 12.8 Å². The summed E-state index contributed by atoms with van der Waals surface area (Å²) in [7, 11) is 0. The summed E-state index contributed by atoms with van der Waals surface area (Å²) in [5.41, 5.74) is 0.674. The van der Waals surface area contributed by atoms with Gasteiger partial charge >= 0.3 is 0 Å². The average Bonchev–Trinajstić information content (AvgIpc) is 2.78. The molecule has 1 saturated heterocycles. The Labute approximate surface area is 107 Å². The quantitative estimate of drug-likeness (QED) is 0.911. The molecule has 5 heteroatoms. The molecule has 0 aliphatic carbocycles. The van der Waals surface area contributed by atoms with Crippen LogP contribution in [0.3, 0.4) is 0 Å². The SMILES string of the molecule is O=C(Nc1cccc(Cl)c1Br)C1CCCO1. The zero-order valence-electron chi connectivity index (χ0n) is 8.50. The fourth-order valence-corrected chi connectivity index (χ4v) is 2.14. The van der Waals surface area contributed by atoms with Gasteiger partial charge in [-0.15, -0.1) is 0 Å². The summed E-state index contributed by atoms with van der Waals surface area (Å²) in [6.07, 6.45) is 1.39. The largest absolute Gasteiger partial charge is 0.368 e. The van der Waals surface area contributed by atoms with Crippen LogP contribution in [0.5, 0.6) is 0 Å². The van der Waals surface area contributed by atoms with Crippen LogP contribution >= 0.6 is 27.5 Å². The zero-order chi connectivity index (χ0) is 11.5. The molecule has 0 bridgehead atoms. The Bertz CT molecular complexity index is 405. The Morgan fingerprint density at radius 1 is 1.56 bits per heavy atom. The molecule has 1 amide bonds. The molecule has 1 aromatic carbocycles. The number of carbonyl (C=O) groups excluding carboxylic acids is 1. The Hall–Kier alpha value is -0.580. The number of ether oxygens (including phenoxy) is 1. The second-order valence-corrected chi connectivity index (χ2v) is 4.79. The average molecular weight is 305 g/mol. The number of carbonyl (C=O) groups is 1. The molecule has 0 spiro atoms. The van der Waals surface area contributed by atoms with E-state index in [0.29, 0.717) is 21.8 Å². The number of nitrogens with one attached hydrogen (secondary N) is 1. The van der Waals surface area contributed by atoms with Crippen molar-refractivity contribution in [3.8, 4) is 0 Å². The van der Waals surface area contributed by atoms with E-state index in [9.17, 15) is 4.79 Å². The van der Waals surface area contributed by atoms with Gasteiger partial charge in [0.05, 0.1) is 15.2 Å². The molecule has 1 heterocycles. The van der Waals surface area contributed by atoms with Crippen LogP contribution in [0.25, 0.3) is 0 Å². The summed E-state index contributed by atoms with van der Waals surface area (Å²) in [5.74, 6) is -0.111. The fraction of sp³-hybridized carbons (Fsp3) is 0.364. The van der Waals surface area contributed by atoms with Crippen molar-refractivity contribution in [2.75, 3.05) is 11.9 Å². The molecule has 0 saturated carbocycles. The molecule has 0 aromatic heterocycles. The van der Waals surface area contributed by atoms with Gasteiger partial charge in [-0.05, 0) is 40.9 Å². The fourth-order valence-electron chi connectivity index (χ4n) is 1.60. The van der Waals surface area contributed by atoms with E-state index in [2.05, 4.69) is 21.2 Å². The molecule has 1 fully saturated rings. The Morgan fingerprint density at radius 3 is 3.06 bits per heavy atom. The van der Waals surface area contributed by atoms with E-state index in [1.807, 2.05) is 0 Å². The lowest BCUT2D eigenvalue weighted by molar-refractivity contribution is -0.124. The number of hydrogen-bond donors (Lipinski definition) is 1. The third-order valence-corrected chi connectivity index (χ3v) is 3.83. The highest BCUT2D eigenvalue weighted by Crippen LogP contribution is 2.30. The summed E-state index contributed by atoms with van der Waals surface area (Å²) in [6, 6.07) is 5.34. The molecular weight excluding hydrogens is 293 g/mol. The van der Waals surface area contributed by atoms with Crippen molar-refractivity contribution in [1.82, 2.24) is 0 Å². The van der Waals surface area contributed by atoms with Crippen LogP contribution in [0, 0.1) is 0 Å². The summed E-state index contributed by atoms with van der Waals surface area (Å²) in [4.78, 5) is 11.8. The van der Waals surface area contributed by atoms with Gasteiger partial charge in [0.1, 0.15) is 6.10 Å². The van der Waals surface area contributed by atoms with E-state index in [4.69, 9.17) is 16.3 Å². The highest BCUT2D eigenvalue weighted by atomic mass is 79.9. The van der Waals surface area contributed by atoms with Crippen LogP contribution in [0.4, 0.5) is 5.69 Å². The van der Waals surface area contributed by atoms with Gasteiger partial charge in [-0.25, -0.2) is 0 Å². The van der Waals surface area contributed by atoms with Crippen molar-refractivity contribution in [3.63, 3.8) is 0 Å².